The number of hydrogen-bond acceptors (Lipinski definition) is 3. The number of halogens is 1. The van der Waals surface area contributed by atoms with Crippen molar-refractivity contribution in [1.29, 1.82) is 0 Å². The first-order valence-electron chi connectivity index (χ1n) is 11.1. The van der Waals surface area contributed by atoms with Gasteiger partial charge in [0.25, 0.3) is 0 Å². The van der Waals surface area contributed by atoms with Crippen LogP contribution in [-0.4, -0.2) is 47.4 Å². The number of hydrogen-bond donors (Lipinski definition) is 3. The van der Waals surface area contributed by atoms with Crippen LogP contribution in [0, 0.1) is 0 Å². The van der Waals surface area contributed by atoms with Crippen LogP contribution in [0.5, 0.6) is 0 Å². The lowest BCUT2D eigenvalue weighted by atomic mass is 10.0. The highest BCUT2D eigenvalue weighted by Crippen LogP contribution is 2.29. The van der Waals surface area contributed by atoms with E-state index in [9.17, 15) is 9.59 Å². The average molecular weight is 453 g/mol. The van der Waals surface area contributed by atoms with Gasteiger partial charge in [0.1, 0.15) is 6.04 Å². The predicted molar refractivity (Wildman–Crippen MR) is 128 cm³/mol. The van der Waals surface area contributed by atoms with Gasteiger partial charge in [-0.25, -0.2) is 0 Å². The molecule has 7 heteroatoms. The van der Waals surface area contributed by atoms with Gasteiger partial charge in [0.05, 0.1) is 6.04 Å². The molecular weight excluding hydrogens is 424 g/mol. The number of carbonyl (C=O) groups is 2. The number of aromatic amines is 1. The Morgan fingerprint density at radius 3 is 2.56 bits per heavy atom. The lowest BCUT2D eigenvalue weighted by molar-refractivity contribution is -0.128. The highest BCUT2D eigenvalue weighted by molar-refractivity contribution is 6.31. The van der Waals surface area contributed by atoms with Gasteiger partial charge in [-0.2, -0.15) is 0 Å². The molecule has 3 N–H and O–H groups in total. The van der Waals surface area contributed by atoms with Crippen LogP contribution in [0.1, 0.15) is 36.9 Å². The Morgan fingerprint density at radius 1 is 1.09 bits per heavy atom. The molecule has 2 heterocycles. The topological polar surface area (TPSA) is 77.2 Å². The van der Waals surface area contributed by atoms with Crippen LogP contribution in [0.25, 0.3) is 10.9 Å². The number of fused-ring (bicyclic) bond motifs is 1. The summed E-state index contributed by atoms with van der Waals surface area (Å²) in [5.41, 5.74) is 3.03. The summed E-state index contributed by atoms with van der Waals surface area (Å²) in [5, 5.41) is 7.67. The predicted octanol–water partition coefficient (Wildman–Crippen LogP) is 3.82. The summed E-state index contributed by atoms with van der Waals surface area (Å²) in [6.45, 7) is 3.84. The van der Waals surface area contributed by atoms with Gasteiger partial charge in [-0.1, -0.05) is 48.0 Å². The average Bonchev–Trinajstić information content (AvgIpc) is 3.45. The van der Waals surface area contributed by atoms with E-state index in [1.54, 1.807) is 0 Å². The van der Waals surface area contributed by atoms with E-state index in [0.717, 1.165) is 48.0 Å². The van der Waals surface area contributed by atoms with E-state index >= 15 is 0 Å². The second-order valence-electron chi connectivity index (χ2n) is 8.34. The second kappa shape index (κ2) is 10.2. The minimum atomic E-state index is -0.655. The summed E-state index contributed by atoms with van der Waals surface area (Å²) in [6.07, 6.45) is 4.60. The molecular formula is C25H29ClN4O2. The molecule has 0 spiro atoms. The normalized spacial score (nSPS) is 16.1. The third kappa shape index (κ3) is 5.14. The van der Waals surface area contributed by atoms with E-state index in [4.69, 9.17) is 11.6 Å². The van der Waals surface area contributed by atoms with Gasteiger partial charge < -0.3 is 15.6 Å². The Morgan fingerprint density at radius 2 is 1.81 bits per heavy atom. The zero-order chi connectivity index (χ0) is 22.5. The fourth-order valence-corrected chi connectivity index (χ4v) is 4.79. The van der Waals surface area contributed by atoms with Gasteiger partial charge in [-0.3, -0.25) is 14.5 Å². The van der Waals surface area contributed by atoms with Crippen LogP contribution in [0.15, 0.2) is 54.7 Å². The highest BCUT2D eigenvalue weighted by Gasteiger charge is 2.27. The van der Waals surface area contributed by atoms with E-state index in [0.29, 0.717) is 18.0 Å². The van der Waals surface area contributed by atoms with Gasteiger partial charge >= 0.3 is 0 Å². The van der Waals surface area contributed by atoms with Gasteiger partial charge in [0.2, 0.25) is 11.8 Å². The number of rotatable bonds is 8. The van der Waals surface area contributed by atoms with Crippen molar-refractivity contribution in [3.8, 4) is 0 Å². The van der Waals surface area contributed by atoms with Crippen LogP contribution < -0.4 is 10.6 Å². The molecule has 6 nitrogen and oxygen atoms in total. The molecule has 0 aliphatic carbocycles. The number of carbonyl (C=O) groups excluding carboxylic acids is 2. The molecule has 1 aliphatic heterocycles. The summed E-state index contributed by atoms with van der Waals surface area (Å²) in [7, 11) is 0. The Labute approximate surface area is 193 Å². The summed E-state index contributed by atoms with van der Waals surface area (Å²) >= 11 is 6.49. The van der Waals surface area contributed by atoms with Crippen LogP contribution in [-0.2, 0) is 16.0 Å². The van der Waals surface area contributed by atoms with Gasteiger partial charge in [0.15, 0.2) is 0 Å². The van der Waals surface area contributed by atoms with Crippen molar-refractivity contribution in [3.05, 3.63) is 70.9 Å². The fraction of sp³-hybridized carbons (Fsp3) is 0.360. The molecule has 32 heavy (non-hydrogen) atoms. The molecule has 1 aliphatic rings. The highest BCUT2D eigenvalue weighted by atomic mass is 35.5. The molecule has 1 fully saturated rings. The number of para-hydroxylation sites is 1. The van der Waals surface area contributed by atoms with Crippen LogP contribution in [0.3, 0.4) is 0 Å². The van der Waals surface area contributed by atoms with Crippen LogP contribution in [0.4, 0.5) is 0 Å². The van der Waals surface area contributed by atoms with Gasteiger partial charge in [0, 0.05) is 42.0 Å². The minimum Gasteiger partial charge on any atom is -0.361 e. The quantitative estimate of drug-likeness (QED) is 0.486. The van der Waals surface area contributed by atoms with Crippen molar-refractivity contribution in [2.75, 3.05) is 19.6 Å². The van der Waals surface area contributed by atoms with Crippen molar-refractivity contribution >= 4 is 34.3 Å². The maximum Gasteiger partial charge on any atom is 0.242 e. The number of nitrogens with one attached hydrogen (secondary N) is 3. The number of amides is 2. The van der Waals surface area contributed by atoms with E-state index < -0.39 is 6.04 Å². The van der Waals surface area contributed by atoms with E-state index in [1.165, 1.54) is 6.92 Å². The smallest absolute Gasteiger partial charge is 0.242 e. The maximum atomic E-state index is 13.2. The number of likely N-dealkylation sites (tertiary alicyclic amines) is 1. The molecule has 4 rings (SSSR count). The molecule has 1 saturated heterocycles. The molecule has 0 radical (unpaired) electrons. The maximum absolute atomic E-state index is 13.2. The lowest BCUT2D eigenvalue weighted by Gasteiger charge is -2.29. The van der Waals surface area contributed by atoms with Crippen molar-refractivity contribution < 1.29 is 9.59 Å². The number of benzene rings is 2. The molecule has 1 aromatic heterocycles. The molecule has 0 saturated carbocycles. The molecule has 0 unspecified atom stereocenters. The Bertz CT molecular complexity index is 1090. The molecule has 0 bridgehead atoms. The molecule has 2 aromatic carbocycles. The van der Waals surface area contributed by atoms with Crippen molar-refractivity contribution in [3.63, 3.8) is 0 Å². The second-order valence-corrected chi connectivity index (χ2v) is 8.75. The first-order valence-corrected chi connectivity index (χ1v) is 11.5. The number of nitrogens with zero attached hydrogens (tertiary/aromatic N) is 1. The summed E-state index contributed by atoms with van der Waals surface area (Å²) in [6, 6.07) is 15.1. The van der Waals surface area contributed by atoms with E-state index in [-0.39, 0.29) is 17.9 Å². The monoisotopic (exact) mass is 452 g/mol. The largest absolute Gasteiger partial charge is 0.361 e. The summed E-state index contributed by atoms with van der Waals surface area (Å²) in [5.74, 6) is -0.422. The molecule has 2 atom stereocenters. The van der Waals surface area contributed by atoms with E-state index in [2.05, 4.69) is 20.5 Å². The lowest BCUT2D eigenvalue weighted by Crippen LogP contribution is -2.49. The Balaban J connectivity index is 1.50. The number of aromatic nitrogens is 1. The standard InChI is InChI=1S/C25H29ClN4O2/c1-17(31)29-23(14-18-15-27-22-11-5-3-8-19(18)22)25(32)28-16-24(30-12-6-7-13-30)20-9-2-4-10-21(20)26/h2-5,8-11,15,23-24,27H,6-7,12-14,16H2,1H3,(H,28,32)(H,29,31)/t23-,24+/m0/s1. The summed E-state index contributed by atoms with van der Waals surface area (Å²) in [4.78, 5) is 30.6. The molecule has 2 amide bonds. The van der Waals surface area contributed by atoms with Gasteiger partial charge in [-0.15, -0.1) is 0 Å². The molecule has 168 valence electrons. The zero-order valence-corrected chi connectivity index (χ0v) is 19.0. The van der Waals surface area contributed by atoms with Crippen molar-refractivity contribution in [2.45, 2.75) is 38.3 Å². The minimum absolute atomic E-state index is 0.00113. The molecule has 3 aromatic rings. The number of H-pyrrole nitrogens is 1. The fourth-order valence-electron chi connectivity index (χ4n) is 4.53. The summed E-state index contributed by atoms with van der Waals surface area (Å²) < 4.78 is 0. The van der Waals surface area contributed by atoms with Crippen LogP contribution in [0.2, 0.25) is 5.02 Å². The Kier molecular flexibility index (Phi) is 7.12. The third-order valence-electron chi connectivity index (χ3n) is 6.11. The Hall–Kier alpha value is -2.83. The van der Waals surface area contributed by atoms with Crippen molar-refractivity contribution in [2.24, 2.45) is 0 Å². The van der Waals surface area contributed by atoms with Crippen molar-refractivity contribution in [1.82, 2.24) is 20.5 Å². The zero-order valence-electron chi connectivity index (χ0n) is 18.2. The van der Waals surface area contributed by atoms with E-state index in [1.807, 2.05) is 54.7 Å². The third-order valence-corrected chi connectivity index (χ3v) is 6.45. The first-order chi connectivity index (χ1) is 15.5. The van der Waals surface area contributed by atoms with Gasteiger partial charge in [-0.05, 0) is 49.2 Å². The van der Waals surface area contributed by atoms with Crippen LogP contribution >= 0.6 is 11.6 Å². The first kappa shape index (κ1) is 22.4. The SMILES string of the molecule is CC(=O)N[C@@H](Cc1c[nH]c2ccccc12)C(=O)NC[C@H](c1ccccc1Cl)N1CCCC1.